The maximum atomic E-state index is 13.3. The largest absolute Gasteiger partial charge is 0.375 e. The van der Waals surface area contributed by atoms with Crippen molar-refractivity contribution in [2.75, 3.05) is 30.4 Å². The van der Waals surface area contributed by atoms with Crippen molar-refractivity contribution in [1.82, 2.24) is 10.0 Å². The Bertz CT molecular complexity index is 1330. The van der Waals surface area contributed by atoms with Crippen molar-refractivity contribution in [2.24, 2.45) is 0 Å². The number of aryl methyl sites for hydroxylation is 1. The maximum Gasteiger partial charge on any atom is 0.241 e. The summed E-state index contributed by atoms with van der Waals surface area (Å²) in [7, 11) is -1.99. The van der Waals surface area contributed by atoms with Gasteiger partial charge in [0.2, 0.25) is 21.8 Å². The van der Waals surface area contributed by atoms with Crippen LogP contribution in [0.5, 0.6) is 0 Å². The van der Waals surface area contributed by atoms with E-state index in [1.807, 2.05) is 67.7 Å². The summed E-state index contributed by atoms with van der Waals surface area (Å²) < 4.78 is 29.2. The first-order valence-corrected chi connectivity index (χ1v) is 13.8. The fourth-order valence-corrected chi connectivity index (χ4v) is 5.53. The van der Waals surface area contributed by atoms with Gasteiger partial charge in [0.05, 0.1) is 4.90 Å². The summed E-state index contributed by atoms with van der Waals surface area (Å²) in [5.74, 6) is -0.462. The van der Waals surface area contributed by atoms with Crippen LogP contribution in [-0.2, 0) is 32.5 Å². The summed E-state index contributed by atoms with van der Waals surface area (Å²) in [6.07, 6.45) is 1.70. The van der Waals surface area contributed by atoms with Crippen LogP contribution in [0.25, 0.3) is 0 Å². The van der Waals surface area contributed by atoms with Gasteiger partial charge in [-0.3, -0.25) is 9.59 Å². The van der Waals surface area contributed by atoms with Crippen LogP contribution in [-0.4, -0.2) is 46.4 Å². The zero-order valence-corrected chi connectivity index (χ0v) is 21.6. The standard InChI is InChI=1S/C28H32N4O4S/c1-32(23-11-6-3-7-12-23)18-8-17-29-28(34)26(19-21-9-4-2-5-10-21)31-37(35,36)24-14-15-25-22(20-24)13-16-27(33)30-25/h2-7,9-12,14-15,20,26,31H,8,13,16-19H2,1H3,(H,29,34)(H,30,33)/t26-/m0/s1. The Balaban J connectivity index is 1.42. The van der Waals surface area contributed by atoms with E-state index in [-0.39, 0.29) is 23.1 Å². The molecule has 0 unspecified atom stereocenters. The number of para-hydroxylation sites is 1. The van der Waals surface area contributed by atoms with Crippen LogP contribution in [0.3, 0.4) is 0 Å². The van der Waals surface area contributed by atoms with Crippen LogP contribution >= 0.6 is 0 Å². The highest BCUT2D eigenvalue weighted by atomic mass is 32.2. The summed E-state index contributed by atoms with van der Waals surface area (Å²) in [4.78, 5) is 26.9. The van der Waals surface area contributed by atoms with Gasteiger partial charge in [0, 0.05) is 37.9 Å². The number of hydrogen-bond acceptors (Lipinski definition) is 5. The number of fused-ring (bicyclic) bond motifs is 1. The molecule has 4 rings (SSSR count). The third-order valence-corrected chi connectivity index (χ3v) is 7.81. The summed E-state index contributed by atoms with van der Waals surface area (Å²) >= 11 is 0. The van der Waals surface area contributed by atoms with Gasteiger partial charge < -0.3 is 15.5 Å². The molecule has 1 aliphatic heterocycles. The number of carbonyl (C=O) groups excluding carboxylic acids is 2. The number of nitrogens with one attached hydrogen (secondary N) is 3. The van der Waals surface area contributed by atoms with Crippen LogP contribution in [0.15, 0.2) is 83.8 Å². The molecule has 3 aromatic rings. The van der Waals surface area contributed by atoms with Crippen LogP contribution in [0.2, 0.25) is 0 Å². The molecule has 0 aliphatic carbocycles. The molecule has 1 aliphatic rings. The minimum Gasteiger partial charge on any atom is -0.375 e. The smallest absolute Gasteiger partial charge is 0.241 e. The van der Waals surface area contributed by atoms with Crippen molar-refractivity contribution >= 4 is 33.2 Å². The third-order valence-electron chi connectivity index (χ3n) is 6.35. The number of nitrogens with zero attached hydrogens (tertiary/aromatic N) is 1. The Morgan fingerprint density at radius 1 is 1.00 bits per heavy atom. The molecule has 0 aromatic heterocycles. The molecule has 8 nitrogen and oxygen atoms in total. The molecule has 194 valence electrons. The average Bonchev–Trinajstić information content (AvgIpc) is 2.91. The Morgan fingerprint density at radius 3 is 2.43 bits per heavy atom. The van der Waals surface area contributed by atoms with Crippen molar-refractivity contribution in [3.8, 4) is 0 Å². The molecule has 0 saturated heterocycles. The number of hydrogen-bond donors (Lipinski definition) is 3. The lowest BCUT2D eigenvalue weighted by Gasteiger charge is -2.22. The predicted octanol–water partition coefficient (Wildman–Crippen LogP) is 3.10. The molecule has 9 heteroatoms. The number of sulfonamides is 1. The van der Waals surface area contributed by atoms with Gasteiger partial charge in [-0.1, -0.05) is 48.5 Å². The highest BCUT2D eigenvalue weighted by Gasteiger charge is 2.27. The SMILES string of the molecule is CN(CCCNC(=O)[C@H](Cc1ccccc1)NS(=O)(=O)c1ccc2c(c1)CCC(=O)N2)c1ccccc1. The number of anilines is 2. The van der Waals surface area contributed by atoms with Crippen molar-refractivity contribution in [1.29, 1.82) is 0 Å². The van der Waals surface area contributed by atoms with Gasteiger partial charge in [0.15, 0.2) is 0 Å². The summed E-state index contributed by atoms with van der Waals surface area (Å²) in [5.41, 5.74) is 3.32. The highest BCUT2D eigenvalue weighted by molar-refractivity contribution is 7.89. The molecule has 0 bridgehead atoms. The predicted molar refractivity (Wildman–Crippen MR) is 145 cm³/mol. The Kier molecular flexibility index (Phi) is 8.58. The zero-order chi connectivity index (χ0) is 26.3. The lowest BCUT2D eigenvalue weighted by atomic mass is 10.0. The number of benzene rings is 3. The van der Waals surface area contributed by atoms with Crippen LogP contribution < -0.4 is 20.3 Å². The van der Waals surface area contributed by atoms with Crippen LogP contribution in [0.1, 0.15) is 24.0 Å². The van der Waals surface area contributed by atoms with E-state index in [1.165, 1.54) is 6.07 Å². The Hall–Kier alpha value is -3.69. The molecular weight excluding hydrogens is 488 g/mol. The molecular formula is C28H32N4O4S. The summed E-state index contributed by atoms with van der Waals surface area (Å²) in [6.45, 7) is 1.16. The van der Waals surface area contributed by atoms with Gasteiger partial charge in [-0.25, -0.2) is 8.42 Å². The molecule has 1 atom stereocenters. The van der Waals surface area contributed by atoms with Gasteiger partial charge >= 0.3 is 0 Å². The topological polar surface area (TPSA) is 108 Å². The fourth-order valence-electron chi connectivity index (χ4n) is 4.28. The van der Waals surface area contributed by atoms with E-state index < -0.39 is 16.1 Å². The van der Waals surface area contributed by atoms with Gasteiger partial charge in [-0.05, 0) is 60.7 Å². The van der Waals surface area contributed by atoms with Crippen molar-refractivity contribution in [2.45, 2.75) is 36.6 Å². The highest BCUT2D eigenvalue weighted by Crippen LogP contribution is 2.25. The molecule has 0 fully saturated rings. The molecule has 37 heavy (non-hydrogen) atoms. The molecule has 0 radical (unpaired) electrons. The third kappa shape index (κ3) is 7.18. The van der Waals surface area contributed by atoms with Gasteiger partial charge in [0.25, 0.3) is 0 Å². The summed E-state index contributed by atoms with van der Waals surface area (Å²) in [6, 6.07) is 22.9. The first-order chi connectivity index (χ1) is 17.8. The minimum atomic E-state index is -3.98. The molecule has 3 N–H and O–H groups in total. The lowest BCUT2D eigenvalue weighted by molar-refractivity contribution is -0.122. The number of amides is 2. The van der Waals surface area contributed by atoms with E-state index in [2.05, 4.69) is 20.3 Å². The summed E-state index contributed by atoms with van der Waals surface area (Å²) in [5, 5.41) is 5.65. The molecule has 1 heterocycles. The van der Waals surface area contributed by atoms with Gasteiger partial charge in [-0.2, -0.15) is 4.72 Å². The minimum absolute atomic E-state index is 0.0674. The normalized spacial score (nSPS) is 13.8. The lowest BCUT2D eigenvalue weighted by Crippen LogP contribution is -2.48. The molecule has 0 spiro atoms. The van der Waals surface area contributed by atoms with E-state index in [9.17, 15) is 18.0 Å². The molecule has 3 aromatic carbocycles. The quantitative estimate of drug-likeness (QED) is 0.337. The van der Waals surface area contributed by atoms with Crippen molar-refractivity contribution < 1.29 is 18.0 Å². The number of rotatable bonds is 11. The zero-order valence-electron chi connectivity index (χ0n) is 20.8. The first kappa shape index (κ1) is 26.4. The number of carbonyl (C=O) groups is 2. The van der Waals surface area contributed by atoms with Crippen molar-refractivity contribution in [3.05, 3.63) is 90.0 Å². The fraction of sp³-hybridized carbons (Fsp3) is 0.286. The Labute approximate surface area is 218 Å². The van der Waals surface area contributed by atoms with Gasteiger partial charge in [-0.15, -0.1) is 0 Å². The molecule has 0 saturated carbocycles. The first-order valence-electron chi connectivity index (χ1n) is 12.3. The molecule has 2 amide bonds. The van der Waals surface area contributed by atoms with Crippen LogP contribution in [0, 0.1) is 0 Å². The van der Waals surface area contributed by atoms with Crippen molar-refractivity contribution in [3.63, 3.8) is 0 Å². The van der Waals surface area contributed by atoms with Crippen LogP contribution in [0.4, 0.5) is 11.4 Å². The van der Waals surface area contributed by atoms with Gasteiger partial charge in [0.1, 0.15) is 6.04 Å². The second-order valence-corrected chi connectivity index (χ2v) is 10.8. The van der Waals surface area contributed by atoms with E-state index >= 15 is 0 Å². The van der Waals surface area contributed by atoms with E-state index in [1.54, 1.807) is 12.1 Å². The average molecular weight is 521 g/mol. The maximum absolute atomic E-state index is 13.3. The van der Waals surface area contributed by atoms with E-state index in [0.717, 1.165) is 23.4 Å². The van der Waals surface area contributed by atoms with E-state index in [0.29, 0.717) is 31.5 Å². The van der Waals surface area contributed by atoms with E-state index in [4.69, 9.17) is 0 Å². The monoisotopic (exact) mass is 520 g/mol. The second kappa shape index (κ2) is 12.0. The Morgan fingerprint density at radius 2 is 1.70 bits per heavy atom. The second-order valence-electron chi connectivity index (χ2n) is 9.13.